The number of nitrogens with zero attached hydrogens (tertiary/aromatic N) is 1. The SMILES string of the molecule is CC1=CC(=O)C2=C(C1=O)C(c1ccc3ccccc3c1O)C1=CCC3C(=O)N(c4ccc(C(=O)O)c(O)c4)C(=O)C3C1C2. The third-order valence-electron chi connectivity index (χ3n) is 9.28. The van der Waals surface area contributed by atoms with E-state index in [-0.39, 0.29) is 47.0 Å². The molecule has 9 heteroatoms. The van der Waals surface area contributed by atoms with Gasteiger partial charge in [0.15, 0.2) is 11.6 Å². The molecule has 3 aromatic carbocycles. The molecule has 3 aromatic rings. The molecule has 1 heterocycles. The van der Waals surface area contributed by atoms with E-state index in [0.29, 0.717) is 27.7 Å². The van der Waals surface area contributed by atoms with Crippen LogP contribution in [0.1, 0.15) is 41.6 Å². The van der Waals surface area contributed by atoms with E-state index in [2.05, 4.69) is 0 Å². The number of Topliss-reactive ketones (excluding diaryl/α,β-unsaturated/α-hetero) is 1. The van der Waals surface area contributed by atoms with Gasteiger partial charge in [-0.15, -0.1) is 0 Å². The van der Waals surface area contributed by atoms with Crippen LogP contribution < -0.4 is 4.90 Å². The lowest BCUT2D eigenvalue weighted by Crippen LogP contribution is -2.39. The molecule has 1 fully saturated rings. The van der Waals surface area contributed by atoms with Crippen molar-refractivity contribution in [3.63, 3.8) is 0 Å². The van der Waals surface area contributed by atoms with Gasteiger partial charge in [0, 0.05) is 39.7 Å². The summed E-state index contributed by atoms with van der Waals surface area (Å²) in [7, 11) is 0. The summed E-state index contributed by atoms with van der Waals surface area (Å²) < 4.78 is 0. The number of hydrogen-bond acceptors (Lipinski definition) is 7. The zero-order valence-electron chi connectivity index (χ0n) is 22.9. The number of allylic oxidation sites excluding steroid dienone is 6. The van der Waals surface area contributed by atoms with Gasteiger partial charge in [-0.2, -0.15) is 0 Å². The Morgan fingerprint density at radius 3 is 2.44 bits per heavy atom. The third kappa shape index (κ3) is 3.74. The van der Waals surface area contributed by atoms with E-state index in [1.807, 2.05) is 24.3 Å². The molecule has 9 nitrogen and oxygen atoms in total. The lowest BCUT2D eigenvalue weighted by molar-refractivity contribution is -0.123. The van der Waals surface area contributed by atoms with Gasteiger partial charge in [-0.1, -0.05) is 48.0 Å². The van der Waals surface area contributed by atoms with Crippen LogP contribution in [0.25, 0.3) is 10.8 Å². The number of carboxylic acids is 1. The molecule has 1 saturated heterocycles. The summed E-state index contributed by atoms with van der Waals surface area (Å²) in [6.07, 6.45) is 3.44. The predicted molar refractivity (Wildman–Crippen MR) is 154 cm³/mol. The molecule has 7 rings (SSSR count). The Kier molecular flexibility index (Phi) is 5.78. The standard InChI is InChI=1S/C34H25NO8/c1-15-12-25(36)24-14-23-19(27(29(24)30(15)38)21-8-6-16-4-2-3-5-18(16)31(21)39)10-11-22-28(23)33(41)35(32(22)40)17-7-9-20(34(42)43)26(37)13-17/h2-10,12-13,22-23,27-28,37,39H,11,14H2,1H3,(H,42,43). The van der Waals surface area contributed by atoms with E-state index in [9.17, 15) is 39.3 Å². The molecule has 43 heavy (non-hydrogen) atoms. The Hall–Kier alpha value is -5.31. The summed E-state index contributed by atoms with van der Waals surface area (Å²) in [4.78, 5) is 67.1. The van der Waals surface area contributed by atoms with Crippen molar-refractivity contribution in [3.8, 4) is 11.5 Å². The van der Waals surface area contributed by atoms with Crippen LogP contribution in [-0.2, 0) is 19.2 Å². The first-order chi connectivity index (χ1) is 20.6. The van der Waals surface area contributed by atoms with Gasteiger partial charge in [-0.25, -0.2) is 9.69 Å². The van der Waals surface area contributed by atoms with Crippen molar-refractivity contribution >= 4 is 45.8 Å². The Morgan fingerprint density at radius 1 is 0.930 bits per heavy atom. The van der Waals surface area contributed by atoms with Crippen molar-refractivity contribution in [2.24, 2.45) is 17.8 Å². The molecule has 4 unspecified atom stereocenters. The summed E-state index contributed by atoms with van der Waals surface area (Å²) in [5.41, 5.74) is 1.70. The highest BCUT2D eigenvalue weighted by Crippen LogP contribution is 2.57. The molecule has 1 aliphatic heterocycles. The molecule has 214 valence electrons. The van der Waals surface area contributed by atoms with Crippen LogP contribution in [0, 0.1) is 17.8 Å². The zero-order chi connectivity index (χ0) is 30.3. The van der Waals surface area contributed by atoms with Gasteiger partial charge in [0.1, 0.15) is 17.1 Å². The van der Waals surface area contributed by atoms with Crippen LogP contribution in [0.3, 0.4) is 0 Å². The van der Waals surface area contributed by atoms with Crippen molar-refractivity contribution < 1.29 is 39.3 Å². The van der Waals surface area contributed by atoms with E-state index < -0.39 is 47.2 Å². The Labute approximate surface area is 245 Å². The van der Waals surface area contributed by atoms with Crippen LogP contribution in [-0.4, -0.2) is 44.7 Å². The number of hydrogen-bond donors (Lipinski definition) is 3. The molecule has 3 aliphatic carbocycles. The number of carbonyl (C=O) groups excluding carboxylic acids is 4. The highest BCUT2D eigenvalue weighted by Gasteiger charge is 2.57. The molecule has 2 amide bonds. The molecule has 0 saturated carbocycles. The molecule has 0 bridgehead atoms. The van der Waals surface area contributed by atoms with Crippen LogP contribution >= 0.6 is 0 Å². The van der Waals surface area contributed by atoms with Crippen molar-refractivity contribution in [1.82, 2.24) is 0 Å². The molecular formula is C34H25NO8. The predicted octanol–water partition coefficient (Wildman–Crippen LogP) is 4.58. The number of amides is 2. The van der Waals surface area contributed by atoms with Gasteiger partial charge in [-0.3, -0.25) is 19.2 Å². The molecule has 0 aromatic heterocycles. The van der Waals surface area contributed by atoms with Crippen molar-refractivity contribution in [2.45, 2.75) is 25.7 Å². The van der Waals surface area contributed by atoms with Crippen molar-refractivity contribution in [1.29, 1.82) is 0 Å². The quantitative estimate of drug-likeness (QED) is 0.233. The fourth-order valence-corrected chi connectivity index (χ4v) is 7.32. The second-order valence-corrected chi connectivity index (χ2v) is 11.5. The third-order valence-corrected chi connectivity index (χ3v) is 9.28. The maximum Gasteiger partial charge on any atom is 0.339 e. The summed E-state index contributed by atoms with van der Waals surface area (Å²) >= 11 is 0. The monoisotopic (exact) mass is 575 g/mol. The fraction of sp³-hybridized carbons (Fsp3) is 0.206. The van der Waals surface area contributed by atoms with Crippen LogP contribution in [0.5, 0.6) is 11.5 Å². The molecule has 0 spiro atoms. The average Bonchev–Trinajstić information content (AvgIpc) is 3.24. The van der Waals surface area contributed by atoms with Crippen molar-refractivity contribution in [2.75, 3.05) is 4.90 Å². The van der Waals surface area contributed by atoms with Crippen LogP contribution in [0.4, 0.5) is 5.69 Å². The number of carbonyl (C=O) groups is 5. The van der Waals surface area contributed by atoms with E-state index in [1.165, 1.54) is 12.1 Å². The van der Waals surface area contributed by atoms with E-state index >= 15 is 0 Å². The fourth-order valence-electron chi connectivity index (χ4n) is 7.32. The minimum absolute atomic E-state index is 0.0180. The summed E-state index contributed by atoms with van der Waals surface area (Å²) in [5.74, 6) is -6.59. The van der Waals surface area contributed by atoms with Gasteiger partial charge in [0.05, 0.1) is 17.5 Å². The largest absolute Gasteiger partial charge is 0.507 e. The van der Waals surface area contributed by atoms with E-state index in [0.717, 1.165) is 22.4 Å². The maximum atomic E-state index is 14.0. The number of aromatic hydroxyl groups is 2. The van der Waals surface area contributed by atoms with Gasteiger partial charge in [-0.05, 0) is 49.3 Å². The molecule has 4 atom stereocenters. The van der Waals surface area contributed by atoms with E-state index in [4.69, 9.17) is 0 Å². The van der Waals surface area contributed by atoms with Gasteiger partial charge in [0.25, 0.3) is 0 Å². The number of anilines is 1. The average molecular weight is 576 g/mol. The van der Waals surface area contributed by atoms with Crippen LogP contribution in [0.2, 0.25) is 0 Å². The highest BCUT2D eigenvalue weighted by molar-refractivity contribution is 6.25. The molecule has 4 aliphatic rings. The first kappa shape index (κ1) is 26.6. The number of fused-ring (bicyclic) bond motifs is 4. The van der Waals surface area contributed by atoms with Gasteiger partial charge in [0.2, 0.25) is 11.8 Å². The minimum atomic E-state index is -1.35. The Morgan fingerprint density at radius 2 is 1.70 bits per heavy atom. The van der Waals surface area contributed by atoms with Crippen molar-refractivity contribution in [3.05, 3.63) is 100 Å². The number of aromatic carboxylic acids is 1. The first-order valence-corrected chi connectivity index (χ1v) is 13.9. The summed E-state index contributed by atoms with van der Waals surface area (Å²) in [6, 6.07) is 14.4. The lowest BCUT2D eigenvalue weighted by atomic mass is 9.59. The van der Waals surface area contributed by atoms with Crippen LogP contribution in [0.15, 0.2) is 89.0 Å². The number of phenols is 2. The molecule has 0 radical (unpaired) electrons. The number of imide groups is 1. The number of rotatable bonds is 3. The number of benzene rings is 3. The second kappa shape index (κ2) is 9.35. The number of ketones is 2. The number of carboxylic acid groups (broad SMARTS) is 1. The zero-order valence-corrected chi connectivity index (χ0v) is 22.9. The lowest BCUT2D eigenvalue weighted by Gasteiger charge is -2.42. The minimum Gasteiger partial charge on any atom is -0.507 e. The number of phenolic OH excluding ortho intramolecular Hbond substituents is 1. The molecular weight excluding hydrogens is 550 g/mol. The van der Waals surface area contributed by atoms with Gasteiger partial charge >= 0.3 is 5.97 Å². The first-order valence-electron chi connectivity index (χ1n) is 13.9. The highest BCUT2D eigenvalue weighted by atomic mass is 16.4. The normalized spacial score (nSPS) is 24.9. The maximum absolute atomic E-state index is 14.0. The Bertz CT molecular complexity index is 1950. The topological polar surface area (TPSA) is 149 Å². The summed E-state index contributed by atoms with van der Waals surface area (Å²) in [6.45, 7) is 1.58. The molecule has 3 N–H and O–H groups in total. The Balaban J connectivity index is 1.37. The van der Waals surface area contributed by atoms with Gasteiger partial charge < -0.3 is 15.3 Å². The second-order valence-electron chi connectivity index (χ2n) is 11.5. The smallest absolute Gasteiger partial charge is 0.339 e. The summed E-state index contributed by atoms with van der Waals surface area (Å²) in [5, 5.41) is 32.4. The van der Waals surface area contributed by atoms with E-state index in [1.54, 1.807) is 25.1 Å².